The van der Waals surface area contributed by atoms with Crippen molar-refractivity contribution in [1.29, 1.82) is 0 Å². The van der Waals surface area contributed by atoms with Crippen LogP contribution in [0.5, 0.6) is 0 Å². The lowest BCUT2D eigenvalue weighted by Gasteiger charge is -1.98. The lowest BCUT2D eigenvalue weighted by atomic mass is 10.1. The molecular weight excluding hydrogens is 160 g/mol. The third kappa shape index (κ3) is 2.12. The third-order valence-electron chi connectivity index (χ3n) is 1.78. The molecule has 2 nitrogen and oxygen atoms in total. The summed E-state index contributed by atoms with van der Waals surface area (Å²) in [7, 11) is 0. The van der Waals surface area contributed by atoms with Crippen LogP contribution in [0, 0.1) is 6.20 Å². The number of pyridine rings is 2. The van der Waals surface area contributed by atoms with Gasteiger partial charge in [-0.05, 0) is 23.3 Å². The Hall–Kier alpha value is -1.70. The molecule has 0 saturated carbocycles. The molecule has 0 saturated heterocycles. The van der Waals surface area contributed by atoms with E-state index in [0.29, 0.717) is 0 Å². The summed E-state index contributed by atoms with van der Waals surface area (Å²) >= 11 is 0. The molecule has 0 bridgehead atoms. The number of hydrogen-bond donors (Lipinski definition) is 0. The fourth-order valence-corrected chi connectivity index (χ4v) is 1.18. The van der Waals surface area contributed by atoms with Crippen LogP contribution in [0.3, 0.4) is 0 Å². The highest BCUT2D eigenvalue weighted by Crippen LogP contribution is 2.04. The molecule has 0 amide bonds. The van der Waals surface area contributed by atoms with Crippen molar-refractivity contribution in [1.82, 2.24) is 9.97 Å². The molecule has 63 valence electrons. The molecule has 0 spiro atoms. The van der Waals surface area contributed by atoms with Crippen LogP contribution in [-0.2, 0) is 6.42 Å². The number of nitrogens with zero attached hydrogens (tertiary/aromatic N) is 2. The summed E-state index contributed by atoms with van der Waals surface area (Å²) in [6.07, 6.45) is 9.15. The zero-order chi connectivity index (χ0) is 8.93. The van der Waals surface area contributed by atoms with E-state index in [9.17, 15) is 0 Å². The van der Waals surface area contributed by atoms with Crippen LogP contribution in [-0.4, -0.2) is 9.97 Å². The minimum absolute atomic E-state index is 0.849. The topological polar surface area (TPSA) is 25.8 Å². The van der Waals surface area contributed by atoms with E-state index in [-0.39, 0.29) is 0 Å². The highest BCUT2D eigenvalue weighted by Gasteiger charge is 1.94. The fraction of sp³-hybridized carbons (Fsp3) is 0.0909. The van der Waals surface area contributed by atoms with Crippen molar-refractivity contribution >= 4 is 0 Å². The Bertz CT molecular complexity index is 319. The maximum absolute atomic E-state index is 4.05. The molecule has 13 heavy (non-hydrogen) atoms. The standard InChI is InChI=1S/C11H9N2/c1-3-10(8-12-5-1)7-11-4-2-6-13-9-11/h1-6,8H,7H2. The van der Waals surface area contributed by atoms with Crippen molar-refractivity contribution in [3.63, 3.8) is 0 Å². The molecule has 0 aliphatic carbocycles. The van der Waals surface area contributed by atoms with E-state index in [1.165, 1.54) is 5.56 Å². The number of rotatable bonds is 2. The Labute approximate surface area is 77.3 Å². The zero-order valence-corrected chi connectivity index (χ0v) is 7.14. The van der Waals surface area contributed by atoms with E-state index in [0.717, 1.165) is 12.0 Å². The maximum Gasteiger partial charge on any atom is 0.0924 e. The van der Waals surface area contributed by atoms with E-state index in [4.69, 9.17) is 0 Å². The van der Waals surface area contributed by atoms with Crippen LogP contribution >= 0.6 is 0 Å². The number of hydrogen-bond acceptors (Lipinski definition) is 2. The Kier molecular flexibility index (Phi) is 2.32. The van der Waals surface area contributed by atoms with Crippen LogP contribution in [0.25, 0.3) is 0 Å². The second-order valence-electron chi connectivity index (χ2n) is 2.81. The molecule has 2 heteroatoms. The first-order valence-corrected chi connectivity index (χ1v) is 4.15. The number of aromatic nitrogens is 2. The zero-order valence-electron chi connectivity index (χ0n) is 7.14. The normalized spacial score (nSPS) is 9.85. The van der Waals surface area contributed by atoms with Gasteiger partial charge in [-0.15, -0.1) is 0 Å². The van der Waals surface area contributed by atoms with Crippen LogP contribution in [0.4, 0.5) is 0 Å². The van der Waals surface area contributed by atoms with Gasteiger partial charge >= 0.3 is 0 Å². The van der Waals surface area contributed by atoms with Crippen molar-refractivity contribution < 1.29 is 0 Å². The molecule has 0 atom stereocenters. The predicted molar refractivity (Wildman–Crippen MR) is 50.1 cm³/mol. The van der Waals surface area contributed by atoms with Crippen molar-refractivity contribution in [2.45, 2.75) is 6.42 Å². The first kappa shape index (κ1) is 7.92. The average Bonchev–Trinajstić information content (AvgIpc) is 2.21. The van der Waals surface area contributed by atoms with E-state index >= 15 is 0 Å². The maximum atomic E-state index is 4.05. The van der Waals surface area contributed by atoms with Crippen LogP contribution in [0.2, 0.25) is 0 Å². The van der Waals surface area contributed by atoms with Crippen molar-refractivity contribution in [3.05, 3.63) is 60.2 Å². The summed E-state index contributed by atoms with van der Waals surface area (Å²) in [5, 5.41) is 0. The van der Waals surface area contributed by atoms with Gasteiger partial charge in [0, 0.05) is 25.0 Å². The van der Waals surface area contributed by atoms with Gasteiger partial charge in [0.15, 0.2) is 0 Å². The summed E-state index contributed by atoms with van der Waals surface area (Å²) < 4.78 is 0. The monoisotopic (exact) mass is 169 g/mol. The molecule has 0 aromatic carbocycles. The predicted octanol–water partition coefficient (Wildman–Crippen LogP) is 1.87. The van der Waals surface area contributed by atoms with Gasteiger partial charge in [-0.2, -0.15) is 0 Å². The van der Waals surface area contributed by atoms with E-state index in [1.54, 1.807) is 12.4 Å². The minimum Gasteiger partial charge on any atom is -0.264 e. The van der Waals surface area contributed by atoms with E-state index in [1.807, 2.05) is 30.5 Å². The highest BCUT2D eigenvalue weighted by molar-refractivity contribution is 5.19. The van der Waals surface area contributed by atoms with E-state index in [2.05, 4.69) is 16.2 Å². The largest absolute Gasteiger partial charge is 0.264 e. The summed E-state index contributed by atoms with van der Waals surface area (Å²) in [5.41, 5.74) is 2.28. The van der Waals surface area contributed by atoms with Crippen molar-refractivity contribution in [2.75, 3.05) is 0 Å². The molecule has 2 heterocycles. The highest BCUT2D eigenvalue weighted by atomic mass is 14.6. The second kappa shape index (κ2) is 3.81. The molecule has 2 aromatic heterocycles. The van der Waals surface area contributed by atoms with Crippen LogP contribution in [0.1, 0.15) is 11.1 Å². The van der Waals surface area contributed by atoms with Crippen LogP contribution < -0.4 is 0 Å². The Morgan fingerprint density at radius 3 is 2.77 bits per heavy atom. The van der Waals surface area contributed by atoms with Crippen molar-refractivity contribution in [2.24, 2.45) is 0 Å². The Balaban J connectivity index is 2.16. The van der Waals surface area contributed by atoms with Gasteiger partial charge in [-0.25, -0.2) is 0 Å². The Morgan fingerprint density at radius 1 is 1.15 bits per heavy atom. The van der Waals surface area contributed by atoms with Gasteiger partial charge < -0.3 is 0 Å². The summed E-state index contributed by atoms with van der Waals surface area (Å²) in [4.78, 5) is 7.98. The molecule has 1 radical (unpaired) electrons. The summed E-state index contributed by atoms with van der Waals surface area (Å²) in [6, 6.07) is 7.92. The van der Waals surface area contributed by atoms with E-state index < -0.39 is 0 Å². The van der Waals surface area contributed by atoms with Gasteiger partial charge in [0.25, 0.3) is 0 Å². The lowest BCUT2D eigenvalue weighted by Crippen LogP contribution is -1.89. The first-order chi connectivity index (χ1) is 6.45. The molecule has 2 rings (SSSR count). The smallest absolute Gasteiger partial charge is 0.0924 e. The average molecular weight is 169 g/mol. The molecule has 0 unspecified atom stereocenters. The van der Waals surface area contributed by atoms with Gasteiger partial charge in [-0.3, -0.25) is 9.97 Å². The molecule has 0 N–H and O–H groups in total. The van der Waals surface area contributed by atoms with Gasteiger partial charge in [-0.1, -0.05) is 12.1 Å². The van der Waals surface area contributed by atoms with Crippen LogP contribution in [0.15, 0.2) is 42.9 Å². The minimum atomic E-state index is 0.849. The summed E-state index contributed by atoms with van der Waals surface area (Å²) in [6.45, 7) is 0. The van der Waals surface area contributed by atoms with Gasteiger partial charge in [0.05, 0.1) is 6.20 Å². The summed E-state index contributed by atoms with van der Waals surface area (Å²) in [5.74, 6) is 0. The molecule has 2 aromatic rings. The van der Waals surface area contributed by atoms with Crippen molar-refractivity contribution in [3.8, 4) is 0 Å². The molecule has 0 aliphatic heterocycles. The SMILES string of the molecule is [c]1ncccc1Cc1cccnc1. The molecular formula is C11H9N2. The lowest BCUT2D eigenvalue weighted by molar-refractivity contribution is 1.11. The second-order valence-corrected chi connectivity index (χ2v) is 2.81. The quantitative estimate of drug-likeness (QED) is 0.685. The molecule has 0 fully saturated rings. The Morgan fingerprint density at radius 2 is 2.08 bits per heavy atom. The van der Waals surface area contributed by atoms with Gasteiger partial charge in [0.2, 0.25) is 0 Å². The fourth-order valence-electron chi connectivity index (χ4n) is 1.18. The molecule has 0 aliphatic rings. The van der Waals surface area contributed by atoms with Gasteiger partial charge in [0.1, 0.15) is 0 Å². The third-order valence-corrected chi connectivity index (χ3v) is 1.78. The first-order valence-electron chi connectivity index (χ1n) is 4.15.